The molecule has 1 spiro atoms. The molecule has 1 heterocycles. The Morgan fingerprint density at radius 2 is 2.05 bits per heavy atom. The lowest BCUT2D eigenvalue weighted by atomic mass is 9.72. The number of ether oxygens (including phenoxy) is 1. The first-order valence-electron chi connectivity index (χ1n) is 7.10. The van der Waals surface area contributed by atoms with Gasteiger partial charge in [0.1, 0.15) is 11.4 Å². The highest BCUT2D eigenvalue weighted by atomic mass is 79.9. The van der Waals surface area contributed by atoms with Crippen molar-refractivity contribution in [2.75, 3.05) is 0 Å². The molecular weight excluding hydrogens is 347 g/mol. The van der Waals surface area contributed by atoms with Crippen LogP contribution in [0.1, 0.15) is 43.7 Å². The molecule has 0 aromatic heterocycles. The monoisotopic (exact) mass is 363 g/mol. The molecule has 0 bridgehead atoms. The van der Waals surface area contributed by atoms with Crippen molar-refractivity contribution < 1.29 is 17.9 Å². The van der Waals surface area contributed by atoms with Crippen molar-refractivity contribution in [1.82, 2.24) is 0 Å². The molecule has 0 amide bonds. The molecule has 3 atom stereocenters. The van der Waals surface area contributed by atoms with E-state index in [9.17, 15) is 13.2 Å². The molecule has 1 aromatic carbocycles. The Labute approximate surface area is 130 Å². The third kappa shape index (κ3) is 2.93. The van der Waals surface area contributed by atoms with E-state index in [0.717, 1.165) is 10.0 Å². The third-order valence-corrected chi connectivity index (χ3v) is 5.05. The molecule has 2 N–H and O–H groups in total. The lowest BCUT2D eigenvalue weighted by molar-refractivity contribution is -0.199. The van der Waals surface area contributed by atoms with Gasteiger partial charge in [-0.15, -0.1) is 0 Å². The van der Waals surface area contributed by atoms with Crippen LogP contribution in [0.4, 0.5) is 13.2 Å². The number of nitrogens with two attached hydrogens (primary N) is 1. The van der Waals surface area contributed by atoms with Crippen LogP contribution >= 0.6 is 15.9 Å². The normalized spacial score (nSPS) is 32.6. The summed E-state index contributed by atoms with van der Waals surface area (Å²) in [6.45, 7) is 0. The summed E-state index contributed by atoms with van der Waals surface area (Å²) in [7, 11) is 0. The summed E-state index contributed by atoms with van der Waals surface area (Å²) in [6, 6.07) is 5.22. The maximum atomic E-state index is 13.0. The van der Waals surface area contributed by atoms with Gasteiger partial charge in [-0.2, -0.15) is 13.2 Å². The maximum Gasteiger partial charge on any atom is 0.391 e. The number of rotatable bonds is 0. The van der Waals surface area contributed by atoms with Gasteiger partial charge in [-0.05, 0) is 43.9 Å². The Morgan fingerprint density at radius 1 is 1.29 bits per heavy atom. The summed E-state index contributed by atoms with van der Waals surface area (Å²) >= 11 is 3.38. The third-order valence-electron chi connectivity index (χ3n) is 4.56. The SMILES string of the molecule is NC1CC2(CCCC(C(F)(F)F)C2)Oc2ccc(Br)cc21. The Bertz CT molecular complexity index is 548. The smallest absolute Gasteiger partial charge is 0.391 e. The van der Waals surface area contributed by atoms with Crippen molar-refractivity contribution >= 4 is 15.9 Å². The summed E-state index contributed by atoms with van der Waals surface area (Å²) in [4.78, 5) is 0. The first kappa shape index (κ1) is 15.2. The van der Waals surface area contributed by atoms with Crippen molar-refractivity contribution in [3.8, 4) is 5.75 Å². The fourth-order valence-corrected chi connectivity index (χ4v) is 3.95. The fraction of sp³-hybridized carbons (Fsp3) is 0.600. The average Bonchev–Trinajstić information content (AvgIpc) is 2.39. The van der Waals surface area contributed by atoms with E-state index in [-0.39, 0.29) is 18.9 Å². The second kappa shape index (κ2) is 5.16. The Kier molecular flexibility index (Phi) is 3.72. The van der Waals surface area contributed by atoms with Crippen molar-refractivity contribution in [2.24, 2.45) is 11.7 Å². The predicted molar refractivity (Wildman–Crippen MR) is 77.1 cm³/mol. The van der Waals surface area contributed by atoms with E-state index in [1.54, 1.807) is 6.07 Å². The van der Waals surface area contributed by atoms with Crippen molar-refractivity contribution in [2.45, 2.75) is 49.9 Å². The van der Waals surface area contributed by atoms with Crippen LogP contribution in [0.3, 0.4) is 0 Å². The number of halogens is 4. The van der Waals surface area contributed by atoms with Gasteiger partial charge in [0, 0.05) is 22.5 Å². The van der Waals surface area contributed by atoms with Crippen LogP contribution in [-0.4, -0.2) is 11.8 Å². The first-order chi connectivity index (χ1) is 9.79. The van der Waals surface area contributed by atoms with Gasteiger partial charge in [0.05, 0.1) is 5.92 Å². The van der Waals surface area contributed by atoms with E-state index in [4.69, 9.17) is 10.5 Å². The van der Waals surface area contributed by atoms with E-state index in [1.807, 2.05) is 12.1 Å². The summed E-state index contributed by atoms with van der Waals surface area (Å²) in [5.41, 5.74) is 6.29. The summed E-state index contributed by atoms with van der Waals surface area (Å²) in [6.07, 6.45) is -2.33. The van der Waals surface area contributed by atoms with Gasteiger partial charge in [0.2, 0.25) is 0 Å². The highest BCUT2D eigenvalue weighted by molar-refractivity contribution is 9.10. The van der Waals surface area contributed by atoms with Crippen molar-refractivity contribution in [3.05, 3.63) is 28.2 Å². The van der Waals surface area contributed by atoms with E-state index >= 15 is 0 Å². The molecule has 0 radical (unpaired) electrons. The lowest BCUT2D eigenvalue weighted by Crippen LogP contribution is -2.48. The van der Waals surface area contributed by atoms with Crippen molar-refractivity contribution in [3.63, 3.8) is 0 Å². The minimum absolute atomic E-state index is 0.0136. The number of hydrogen-bond acceptors (Lipinski definition) is 2. The van der Waals surface area contributed by atoms with Crippen LogP contribution in [0.25, 0.3) is 0 Å². The molecule has 0 saturated heterocycles. The van der Waals surface area contributed by atoms with E-state index in [0.29, 0.717) is 25.0 Å². The standard InChI is InChI=1S/C15H17BrF3NO/c16-10-3-4-13-11(6-10)12(20)8-14(21-13)5-1-2-9(7-14)15(17,18)19/h3-4,6,9,12H,1-2,5,7-8,20H2. The topological polar surface area (TPSA) is 35.2 Å². The largest absolute Gasteiger partial charge is 0.487 e. The summed E-state index contributed by atoms with van der Waals surface area (Å²) in [5, 5.41) is 0. The van der Waals surface area contributed by atoms with Crippen LogP contribution in [0, 0.1) is 5.92 Å². The van der Waals surface area contributed by atoms with Gasteiger partial charge < -0.3 is 10.5 Å². The molecule has 6 heteroatoms. The molecule has 21 heavy (non-hydrogen) atoms. The predicted octanol–water partition coefficient (Wildman–Crippen LogP) is 4.72. The Hall–Kier alpha value is -0.750. The van der Waals surface area contributed by atoms with Crippen LogP contribution in [0.2, 0.25) is 0 Å². The molecule has 3 rings (SSSR count). The molecule has 1 aliphatic carbocycles. The minimum atomic E-state index is -4.15. The molecule has 116 valence electrons. The van der Waals surface area contributed by atoms with Gasteiger partial charge in [-0.1, -0.05) is 15.9 Å². The molecule has 1 aliphatic heterocycles. The Balaban J connectivity index is 1.89. The molecular formula is C15H17BrF3NO. The molecule has 2 nitrogen and oxygen atoms in total. The lowest BCUT2D eigenvalue weighted by Gasteiger charge is -2.46. The number of alkyl halides is 3. The molecule has 1 fully saturated rings. The second-order valence-electron chi connectivity index (χ2n) is 6.11. The molecule has 2 aliphatic rings. The van der Waals surface area contributed by atoms with Gasteiger partial charge in [-0.3, -0.25) is 0 Å². The zero-order chi connectivity index (χ0) is 15.3. The molecule has 1 aromatic rings. The second-order valence-corrected chi connectivity index (χ2v) is 7.03. The number of hydrogen-bond donors (Lipinski definition) is 1. The van der Waals surface area contributed by atoms with Crippen LogP contribution in [0.5, 0.6) is 5.75 Å². The van der Waals surface area contributed by atoms with Gasteiger partial charge >= 0.3 is 6.18 Å². The number of benzene rings is 1. The maximum absolute atomic E-state index is 13.0. The quantitative estimate of drug-likeness (QED) is 0.723. The van der Waals surface area contributed by atoms with E-state index in [2.05, 4.69) is 15.9 Å². The van der Waals surface area contributed by atoms with Gasteiger partial charge in [-0.25, -0.2) is 0 Å². The zero-order valence-electron chi connectivity index (χ0n) is 11.4. The zero-order valence-corrected chi connectivity index (χ0v) is 13.0. The Morgan fingerprint density at radius 3 is 2.76 bits per heavy atom. The molecule has 3 unspecified atom stereocenters. The minimum Gasteiger partial charge on any atom is -0.487 e. The highest BCUT2D eigenvalue weighted by Gasteiger charge is 2.50. The average molecular weight is 364 g/mol. The fourth-order valence-electron chi connectivity index (χ4n) is 3.57. The first-order valence-corrected chi connectivity index (χ1v) is 7.89. The summed E-state index contributed by atoms with van der Waals surface area (Å²) < 4.78 is 46.0. The van der Waals surface area contributed by atoms with E-state index < -0.39 is 17.7 Å². The summed E-state index contributed by atoms with van der Waals surface area (Å²) in [5.74, 6) is -0.657. The molecule has 1 saturated carbocycles. The number of fused-ring (bicyclic) bond motifs is 1. The highest BCUT2D eigenvalue weighted by Crippen LogP contribution is 2.50. The van der Waals surface area contributed by atoms with Crippen LogP contribution in [-0.2, 0) is 0 Å². The van der Waals surface area contributed by atoms with Gasteiger partial charge in [0.25, 0.3) is 0 Å². The van der Waals surface area contributed by atoms with E-state index in [1.165, 1.54) is 0 Å². The van der Waals surface area contributed by atoms with Gasteiger partial charge in [0.15, 0.2) is 0 Å². The van der Waals surface area contributed by atoms with Crippen LogP contribution in [0.15, 0.2) is 22.7 Å². The van der Waals surface area contributed by atoms with Crippen molar-refractivity contribution in [1.29, 1.82) is 0 Å². The van der Waals surface area contributed by atoms with Crippen LogP contribution < -0.4 is 10.5 Å².